The van der Waals surface area contributed by atoms with E-state index in [0.717, 1.165) is 6.26 Å². The fourth-order valence-corrected chi connectivity index (χ4v) is 2.88. The molecule has 1 N–H and O–H groups in total. The molecule has 0 bridgehead atoms. The van der Waals surface area contributed by atoms with Crippen LogP contribution in [-0.4, -0.2) is 25.7 Å². The van der Waals surface area contributed by atoms with Crippen molar-refractivity contribution in [3.63, 3.8) is 0 Å². The molecule has 0 heterocycles. The predicted octanol–water partition coefficient (Wildman–Crippen LogP) is 3.11. The molecular formula is C17H16O4S. The molecule has 0 radical (unpaired) electrons. The lowest BCUT2D eigenvalue weighted by atomic mass is 9.96. The van der Waals surface area contributed by atoms with Crippen LogP contribution in [0.2, 0.25) is 0 Å². The van der Waals surface area contributed by atoms with E-state index < -0.39 is 15.8 Å². The van der Waals surface area contributed by atoms with Crippen molar-refractivity contribution in [2.24, 2.45) is 0 Å². The van der Waals surface area contributed by atoms with Gasteiger partial charge in [-0.2, -0.15) is 0 Å². The Morgan fingerprint density at radius 3 is 2.09 bits per heavy atom. The first kappa shape index (κ1) is 16.0. The van der Waals surface area contributed by atoms with Crippen LogP contribution in [0.1, 0.15) is 18.1 Å². The molecular weight excluding hydrogens is 300 g/mol. The van der Waals surface area contributed by atoms with Crippen LogP contribution in [-0.2, 0) is 14.6 Å². The van der Waals surface area contributed by atoms with Crippen molar-refractivity contribution >= 4 is 27.0 Å². The average molecular weight is 316 g/mol. The second-order valence-corrected chi connectivity index (χ2v) is 6.99. The van der Waals surface area contributed by atoms with Gasteiger partial charge in [0.15, 0.2) is 9.84 Å². The maximum Gasteiger partial charge on any atom is 0.336 e. The predicted molar refractivity (Wildman–Crippen MR) is 86.1 cm³/mol. The van der Waals surface area contributed by atoms with Gasteiger partial charge in [0.2, 0.25) is 0 Å². The molecule has 0 atom stereocenters. The summed E-state index contributed by atoms with van der Waals surface area (Å²) in [4.78, 5) is 11.8. The van der Waals surface area contributed by atoms with Gasteiger partial charge in [0.25, 0.3) is 0 Å². The van der Waals surface area contributed by atoms with Gasteiger partial charge in [0.1, 0.15) is 0 Å². The number of hydrogen-bond acceptors (Lipinski definition) is 3. The first-order valence-corrected chi connectivity index (χ1v) is 8.50. The normalized spacial score (nSPS) is 12.6. The molecule has 0 spiro atoms. The van der Waals surface area contributed by atoms with E-state index >= 15 is 0 Å². The lowest BCUT2D eigenvalue weighted by Crippen LogP contribution is -2.03. The highest BCUT2D eigenvalue weighted by molar-refractivity contribution is 7.90. The molecule has 2 aromatic carbocycles. The van der Waals surface area contributed by atoms with E-state index in [4.69, 9.17) is 0 Å². The highest BCUT2D eigenvalue weighted by Gasteiger charge is 2.16. The molecule has 0 saturated heterocycles. The maximum absolute atomic E-state index is 11.6. The molecule has 0 aliphatic carbocycles. The average Bonchev–Trinajstić information content (AvgIpc) is 2.47. The van der Waals surface area contributed by atoms with Crippen molar-refractivity contribution in [1.82, 2.24) is 0 Å². The summed E-state index contributed by atoms with van der Waals surface area (Å²) in [6.45, 7) is 1.68. The molecule has 0 aliphatic rings. The van der Waals surface area contributed by atoms with Crippen LogP contribution < -0.4 is 0 Å². The number of benzene rings is 2. The summed E-state index contributed by atoms with van der Waals surface area (Å²) in [5.74, 6) is -1.05. The molecule has 0 unspecified atom stereocenters. The third kappa shape index (κ3) is 3.43. The molecule has 2 rings (SSSR count). The van der Waals surface area contributed by atoms with Crippen molar-refractivity contribution in [3.05, 3.63) is 65.7 Å². The van der Waals surface area contributed by atoms with Crippen LogP contribution >= 0.6 is 0 Å². The van der Waals surface area contributed by atoms with E-state index in [1.54, 1.807) is 43.3 Å². The monoisotopic (exact) mass is 316 g/mol. The zero-order valence-corrected chi connectivity index (χ0v) is 13.1. The van der Waals surface area contributed by atoms with E-state index in [2.05, 4.69) is 0 Å². The Kier molecular flexibility index (Phi) is 4.47. The maximum atomic E-state index is 11.6. The van der Waals surface area contributed by atoms with E-state index in [1.165, 1.54) is 12.1 Å². The Morgan fingerprint density at radius 1 is 0.955 bits per heavy atom. The minimum absolute atomic E-state index is 0.159. The molecule has 0 fully saturated rings. The van der Waals surface area contributed by atoms with Crippen LogP contribution in [0.3, 0.4) is 0 Å². The topological polar surface area (TPSA) is 71.4 Å². The fraction of sp³-hybridized carbons (Fsp3) is 0.118. The standard InChI is InChI=1S/C17H16O4S/c1-12(14-9-6-10-15(11-14)22(2,20)21)16(17(18)19)13-7-4-3-5-8-13/h3-11H,1-2H3,(H,18,19)/b16-12+. The third-order valence-corrected chi connectivity index (χ3v) is 4.46. The van der Waals surface area contributed by atoms with Crippen LogP contribution in [0, 0.1) is 0 Å². The summed E-state index contributed by atoms with van der Waals surface area (Å²) >= 11 is 0. The van der Waals surface area contributed by atoms with Crippen molar-refractivity contribution in [2.75, 3.05) is 6.26 Å². The number of rotatable bonds is 4. The van der Waals surface area contributed by atoms with Crippen molar-refractivity contribution in [1.29, 1.82) is 0 Å². The van der Waals surface area contributed by atoms with Crippen LogP contribution in [0.25, 0.3) is 11.1 Å². The minimum Gasteiger partial charge on any atom is -0.478 e. The van der Waals surface area contributed by atoms with Crippen LogP contribution in [0.4, 0.5) is 0 Å². The zero-order valence-electron chi connectivity index (χ0n) is 12.3. The van der Waals surface area contributed by atoms with Crippen molar-refractivity contribution < 1.29 is 18.3 Å². The summed E-state index contributed by atoms with van der Waals surface area (Å²) in [6.07, 6.45) is 1.13. The van der Waals surface area contributed by atoms with Gasteiger partial charge < -0.3 is 5.11 Å². The van der Waals surface area contributed by atoms with Gasteiger partial charge in [-0.1, -0.05) is 42.5 Å². The summed E-state index contributed by atoms with van der Waals surface area (Å²) in [5, 5.41) is 9.51. The number of allylic oxidation sites excluding steroid dienone is 1. The van der Waals surface area contributed by atoms with Gasteiger partial charge in [-0.15, -0.1) is 0 Å². The second kappa shape index (κ2) is 6.15. The molecule has 0 aromatic heterocycles. The van der Waals surface area contributed by atoms with E-state index in [9.17, 15) is 18.3 Å². The van der Waals surface area contributed by atoms with Gasteiger partial charge in [-0.25, -0.2) is 13.2 Å². The summed E-state index contributed by atoms with van der Waals surface area (Å²) in [5.41, 5.74) is 1.83. The van der Waals surface area contributed by atoms with Gasteiger partial charge in [0.05, 0.1) is 10.5 Å². The molecule has 114 valence electrons. The third-order valence-electron chi connectivity index (χ3n) is 3.35. The molecule has 5 heteroatoms. The van der Waals surface area contributed by atoms with Gasteiger partial charge in [-0.05, 0) is 35.8 Å². The summed E-state index contributed by atoms with van der Waals surface area (Å²) < 4.78 is 23.3. The first-order valence-electron chi connectivity index (χ1n) is 6.61. The zero-order chi connectivity index (χ0) is 16.3. The van der Waals surface area contributed by atoms with Gasteiger partial charge >= 0.3 is 5.97 Å². The molecule has 4 nitrogen and oxygen atoms in total. The molecule has 2 aromatic rings. The van der Waals surface area contributed by atoms with Gasteiger partial charge in [0, 0.05) is 6.26 Å². The lowest BCUT2D eigenvalue weighted by Gasteiger charge is -2.10. The molecule has 0 aliphatic heterocycles. The fourth-order valence-electron chi connectivity index (χ4n) is 2.21. The van der Waals surface area contributed by atoms with E-state index in [1.807, 2.05) is 6.07 Å². The smallest absolute Gasteiger partial charge is 0.336 e. The minimum atomic E-state index is -3.34. The number of carbonyl (C=O) groups is 1. The van der Waals surface area contributed by atoms with E-state index in [0.29, 0.717) is 16.7 Å². The Bertz CT molecular complexity index is 834. The summed E-state index contributed by atoms with van der Waals surface area (Å²) in [7, 11) is -3.34. The SMILES string of the molecule is C/C(=C(\C(=O)O)c1ccccc1)c1cccc(S(C)(=O)=O)c1. The van der Waals surface area contributed by atoms with E-state index in [-0.39, 0.29) is 10.5 Å². The van der Waals surface area contributed by atoms with Crippen molar-refractivity contribution in [3.8, 4) is 0 Å². The molecule has 0 amide bonds. The highest BCUT2D eigenvalue weighted by atomic mass is 32.2. The molecule has 0 saturated carbocycles. The number of carboxylic acid groups (broad SMARTS) is 1. The number of sulfone groups is 1. The Labute approximate surface area is 129 Å². The Morgan fingerprint density at radius 2 is 1.55 bits per heavy atom. The highest BCUT2D eigenvalue weighted by Crippen LogP contribution is 2.27. The number of aliphatic carboxylic acids is 1. The lowest BCUT2D eigenvalue weighted by molar-refractivity contribution is -0.130. The van der Waals surface area contributed by atoms with Gasteiger partial charge in [-0.3, -0.25) is 0 Å². The number of carboxylic acids is 1. The second-order valence-electron chi connectivity index (χ2n) is 4.97. The summed E-state index contributed by atoms with van der Waals surface area (Å²) in [6, 6.07) is 15.1. The number of hydrogen-bond donors (Lipinski definition) is 1. The van der Waals surface area contributed by atoms with Crippen LogP contribution in [0.5, 0.6) is 0 Å². The largest absolute Gasteiger partial charge is 0.478 e. The Hall–Kier alpha value is -2.40. The van der Waals surface area contributed by atoms with Crippen LogP contribution in [0.15, 0.2) is 59.5 Å². The quantitative estimate of drug-likeness (QED) is 0.695. The molecule has 22 heavy (non-hydrogen) atoms. The first-order chi connectivity index (χ1) is 10.3. The Balaban J connectivity index is 2.65. The van der Waals surface area contributed by atoms with Crippen molar-refractivity contribution in [2.45, 2.75) is 11.8 Å².